The maximum atomic E-state index is 12.8. The van der Waals surface area contributed by atoms with Crippen LogP contribution in [0.3, 0.4) is 0 Å². The fraction of sp³-hybridized carbons (Fsp3) is 0.263. The normalized spacial score (nSPS) is 10.9. The molecule has 4 heteroatoms. The van der Waals surface area contributed by atoms with Crippen LogP contribution in [0.1, 0.15) is 21.6 Å². The van der Waals surface area contributed by atoms with Crippen LogP contribution < -0.4 is 0 Å². The molecule has 118 valence electrons. The fourth-order valence-electron chi connectivity index (χ4n) is 2.86. The van der Waals surface area contributed by atoms with Crippen LogP contribution >= 0.6 is 0 Å². The Balaban J connectivity index is 1.80. The van der Waals surface area contributed by atoms with Gasteiger partial charge in [-0.2, -0.15) is 0 Å². The molecule has 3 rings (SSSR count). The number of hydrogen-bond acceptors (Lipinski definition) is 2. The summed E-state index contributed by atoms with van der Waals surface area (Å²) in [7, 11) is 3.81. The summed E-state index contributed by atoms with van der Waals surface area (Å²) >= 11 is 0. The number of hydrogen-bond donors (Lipinski definition) is 0. The van der Waals surface area contributed by atoms with Crippen molar-refractivity contribution in [2.24, 2.45) is 7.05 Å². The zero-order chi connectivity index (χ0) is 16.4. The smallest absolute Gasteiger partial charge is 0.270 e. The number of likely N-dealkylation sites (N-methyl/N-ethyl adjacent to an activating group) is 1. The number of nitrogens with zero attached hydrogens (tertiary/aromatic N) is 3. The van der Waals surface area contributed by atoms with Gasteiger partial charge in [0, 0.05) is 43.9 Å². The average Bonchev–Trinajstić information content (AvgIpc) is 2.91. The minimum Gasteiger partial charge on any atom is -0.340 e. The van der Waals surface area contributed by atoms with Gasteiger partial charge >= 0.3 is 0 Å². The summed E-state index contributed by atoms with van der Waals surface area (Å²) in [5, 5.41) is 1.14. The monoisotopic (exact) mass is 307 g/mol. The molecule has 2 heterocycles. The van der Waals surface area contributed by atoms with Crippen molar-refractivity contribution in [1.29, 1.82) is 0 Å². The lowest BCUT2D eigenvalue weighted by Gasteiger charge is -2.17. The number of carbonyl (C=O) groups excluding carboxylic acids is 1. The van der Waals surface area contributed by atoms with E-state index in [0.717, 1.165) is 23.0 Å². The van der Waals surface area contributed by atoms with Crippen molar-refractivity contribution in [3.63, 3.8) is 0 Å². The van der Waals surface area contributed by atoms with Gasteiger partial charge in [0.2, 0.25) is 0 Å². The van der Waals surface area contributed by atoms with Crippen LogP contribution in [0, 0.1) is 6.92 Å². The Bertz CT molecular complexity index is 836. The molecule has 0 spiro atoms. The zero-order valence-corrected chi connectivity index (χ0v) is 13.8. The van der Waals surface area contributed by atoms with Crippen molar-refractivity contribution in [2.45, 2.75) is 13.3 Å². The number of fused-ring (bicyclic) bond motifs is 1. The minimum absolute atomic E-state index is 0.0529. The van der Waals surface area contributed by atoms with Gasteiger partial charge in [0.05, 0.1) is 0 Å². The number of aryl methyl sites for hydroxylation is 2. The predicted octanol–water partition coefficient (Wildman–Crippen LogP) is 3.20. The van der Waals surface area contributed by atoms with E-state index in [4.69, 9.17) is 0 Å². The quantitative estimate of drug-likeness (QED) is 0.742. The van der Waals surface area contributed by atoms with E-state index in [-0.39, 0.29) is 5.91 Å². The molecule has 0 aliphatic carbocycles. The highest BCUT2D eigenvalue weighted by atomic mass is 16.2. The highest BCUT2D eigenvalue weighted by molar-refractivity contribution is 5.99. The first-order chi connectivity index (χ1) is 11.1. The fourth-order valence-corrected chi connectivity index (χ4v) is 2.86. The van der Waals surface area contributed by atoms with E-state index in [1.807, 2.05) is 42.9 Å². The molecule has 1 amide bonds. The van der Waals surface area contributed by atoms with Crippen LogP contribution in [0.25, 0.3) is 10.9 Å². The molecule has 0 unspecified atom stereocenters. The lowest BCUT2D eigenvalue weighted by Crippen LogP contribution is -2.30. The maximum absolute atomic E-state index is 12.8. The number of rotatable bonds is 4. The first kappa shape index (κ1) is 15.3. The summed E-state index contributed by atoms with van der Waals surface area (Å²) in [5.74, 6) is 0.0529. The van der Waals surface area contributed by atoms with Crippen molar-refractivity contribution in [3.8, 4) is 0 Å². The molecule has 4 nitrogen and oxygen atoms in total. The van der Waals surface area contributed by atoms with Crippen LogP contribution in [0.2, 0.25) is 0 Å². The van der Waals surface area contributed by atoms with Gasteiger partial charge in [-0.3, -0.25) is 9.78 Å². The Labute approximate surface area is 136 Å². The number of pyridine rings is 1. The van der Waals surface area contributed by atoms with Crippen molar-refractivity contribution in [3.05, 3.63) is 65.6 Å². The first-order valence-corrected chi connectivity index (χ1v) is 7.77. The van der Waals surface area contributed by atoms with Gasteiger partial charge in [0.15, 0.2) is 0 Å². The Morgan fingerprint density at radius 2 is 1.96 bits per heavy atom. The third-order valence-electron chi connectivity index (χ3n) is 4.36. The summed E-state index contributed by atoms with van der Waals surface area (Å²) in [5.41, 5.74) is 4.20. The predicted molar refractivity (Wildman–Crippen MR) is 92.6 cm³/mol. The average molecular weight is 307 g/mol. The topological polar surface area (TPSA) is 38.1 Å². The molecule has 0 fully saturated rings. The van der Waals surface area contributed by atoms with E-state index in [1.165, 1.54) is 11.1 Å². The van der Waals surface area contributed by atoms with Crippen molar-refractivity contribution in [1.82, 2.24) is 14.5 Å². The summed E-state index contributed by atoms with van der Waals surface area (Å²) in [6.45, 7) is 2.76. The molecule has 0 saturated carbocycles. The van der Waals surface area contributed by atoms with Crippen molar-refractivity contribution >= 4 is 16.8 Å². The molecule has 1 aromatic carbocycles. The van der Waals surface area contributed by atoms with Gasteiger partial charge in [0.25, 0.3) is 5.91 Å². The SMILES string of the molecule is Cc1cccc2c1cc(C(=O)N(C)CCc1ccncc1)n2C. The first-order valence-electron chi connectivity index (χ1n) is 7.77. The van der Waals surface area contributed by atoms with Crippen molar-refractivity contribution in [2.75, 3.05) is 13.6 Å². The second kappa shape index (κ2) is 6.24. The summed E-state index contributed by atoms with van der Waals surface area (Å²) in [4.78, 5) is 18.6. The summed E-state index contributed by atoms with van der Waals surface area (Å²) < 4.78 is 1.98. The Morgan fingerprint density at radius 1 is 1.22 bits per heavy atom. The molecule has 0 saturated heterocycles. The molecule has 0 bridgehead atoms. The van der Waals surface area contributed by atoms with Crippen LogP contribution in [-0.2, 0) is 13.5 Å². The maximum Gasteiger partial charge on any atom is 0.270 e. The number of amides is 1. The lowest BCUT2D eigenvalue weighted by molar-refractivity contribution is 0.0787. The molecule has 2 aromatic heterocycles. The van der Waals surface area contributed by atoms with E-state index < -0.39 is 0 Å². The highest BCUT2D eigenvalue weighted by Gasteiger charge is 2.17. The zero-order valence-electron chi connectivity index (χ0n) is 13.8. The summed E-state index contributed by atoms with van der Waals surface area (Å²) in [6.07, 6.45) is 4.39. The van der Waals surface area contributed by atoms with E-state index in [2.05, 4.69) is 24.0 Å². The third-order valence-corrected chi connectivity index (χ3v) is 4.36. The molecule has 0 aliphatic heterocycles. The third kappa shape index (κ3) is 2.97. The van der Waals surface area contributed by atoms with Gasteiger partial charge < -0.3 is 9.47 Å². The Hall–Kier alpha value is -2.62. The minimum atomic E-state index is 0.0529. The van der Waals surface area contributed by atoms with E-state index in [0.29, 0.717) is 6.54 Å². The van der Waals surface area contributed by atoms with E-state index in [1.54, 1.807) is 17.3 Å². The van der Waals surface area contributed by atoms with Crippen LogP contribution in [0.4, 0.5) is 0 Å². The van der Waals surface area contributed by atoms with Crippen molar-refractivity contribution < 1.29 is 4.79 Å². The highest BCUT2D eigenvalue weighted by Crippen LogP contribution is 2.22. The van der Waals surface area contributed by atoms with E-state index >= 15 is 0 Å². The van der Waals surface area contributed by atoms with Gasteiger partial charge in [-0.05, 0) is 48.7 Å². The van der Waals surface area contributed by atoms with Gasteiger partial charge in [0.1, 0.15) is 5.69 Å². The number of benzene rings is 1. The van der Waals surface area contributed by atoms with Crippen LogP contribution in [0.5, 0.6) is 0 Å². The molecular weight excluding hydrogens is 286 g/mol. The molecule has 0 aliphatic rings. The summed E-state index contributed by atoms with van der Waals surface area (Å²) in [6, 6.07) is 12.1. The van der Waals surface area contributed by atoms with Gasteiger partial charge in [-0.1, -0.05) is 12.1 Å². The second-order valence-corrected chi connectivity index (χ2v) is 5.93. The van der Waals surface area contributed by atoms with Gasteiger partial charge in [-0.15, -0.1) is 0 Å². The Kier molecular flexibility index (Phi) is 4.15. The van der Waals surface area contributed by atoms with Gasteiger partial charge in [-0.25, -0.2) is 0 Å². The number of carbonyl (C=O) groups is 1. The molecular formula is C19H21N3O. The number of aromatic nitrogens is 2. The molecule has 3 aromatic rings. The largest absolute Gasteiger partial charge is 0.340 e. The second-order valence-electron chi connectivity index (χ2n) is 5.93. The molecule has 0 atom stereocenters. The van der Waals surface area contributed by atoms with Crippen LogP contribution in [-0.4, -0.2) is 34.0 Å². The molecule has 0 N–H and O–H groups in total. The standard InChI is InChI=1S/C19H21N3O/c1-14-5-4-6-17-16(14)13-18(22(17)3)19(23)21(2)12-9-15-7-10-20-11-8-15/h4-8,10-11,13H,9,12H2,1-3H3. The lowest BCUT2D eigenvalue weighted by atomic mass is 10.1. The van der Waals surface area contributed by atoms with E-state index in [9.17, 15) is 4.79 Å². The van der Waals surface area contributed by atoms with Crippen LogP contribution in [0.15, 0.2) is 48.8 Å². The Morgan fingerprint density at radius 3 is 2.65 bits per heavy atom. The molecule has 23 heavy (non-hydrogen) atoms. The molecule has 0 radical (unpaired) electrons.